The van der Waals surface area contributed by atoms with Gasteiger partial charge in [0.15, 0.2) is 0 Å². The van der Waals surface area contributed by atoms with E-state index in [4.69, 9.17) is 9.47 Å². The molecule has 0 bridgehead atoms. The predicted molar refractivity (Wildman–Crippen MR) is 79.3 cm³/mol. The van der Waals surface area contributed by atoms with E-state index in [-0.39, 0.29) is 0 Å². The maximum Gasteiger partial charge on any atom is 0.125 e. The van der Waals surface area contributed by atoms with Gasteiger partial charge in [0.25, 0.3) is 0 Å². The Bertz CT molecular complexity index is 530. The molecule has 3 nitrogen and oxygen atoms in total. The average molecular weight is 272 g/mol. The molecule has 0 radical (unpaired) electrons. The monoisotopic (exact) mass is 272 g/mol. The summed E-state index contributed by atoms with van der Waals surface area (Å²) in [5.74, 6) is 1.34. The molecule has 0 saturated heterocycles. The van der Waals surface area contributed by atoms with Crippen LogP contribution in [-0.4, -0.2) is 19.3 Å². The van der Waals surface area contributed by atoms with Crippen LogP contribution in [0.4, 0.5) is 0 Å². The summed E-state index contributed by atoms with van der Waals surface area (Å²) < 4.78 is 10.8. The van der Waals surface area contributed by atoms with Gasteiger partial charge in [0.05, 0.1) is 14.2 Å². The normalized spacial score (nSPS) is 11.2. The van der Waals surface area contributed by atoms with Gasteiger partial charge in [-0.3, -0.25) is 0 Å². The number of hydrogen-bond acceptors (Lipinski definition) is 3. The molecule has 2 aromatic carbocycles. The molecule has 0 atom stereocenters. The zero-order chi connectivity index (χ0) is 14.6. The smallest absolute Gasteiger partial charge is 0.125 e. The fourth-order valence-electron chi connectivity index (χ4n) is 2.50. The first-order valence-corrected chi connectivity index (χ1v) is 6.66. The number of aliphatic hydroxyl groups is 1. The highest BCUT2D eigenvalue weighted by molar-refractivity contribution is 5.49. The van der Waals surface area contributed by atoms with Crippen molar-refractivity contribution < 1.29 is 14.6 Å². The zero-order valence-electron chi connectivity index (χ0n) is 12.1. The Labute approximate surface area is 119 Å². The first-order chi connectivity index (χ1) is 9.67. The molecule has 0 aromatic heterocycles. The Morgan fingerprint density at radius 1 is 0.850 bits per heavy atom. The largest absolute Gasteiger partial charge is 0.496 e. The van der Waals surface area contributed by atoms with Crippen LogP contribution in [0.1, 0.15) is 24.5 Å². The standard InChI is InChI=1S/C17H20O3/c1-4-17(18,13-9-5-7-11-15(13)19-2)14-10-6-8-12-16(14)20-3/h5-12,18H,4H2,1-3H3. The highest BCUT2D eigenvalue weighted by atomic mass is 16.5. The minimum absolute atomic E-state index is 0.522. The van der Waals surface area contributed by atoms with Crippen LogP contribution in [0.3, 0.4) is 0 Å². The first-order valence-electron chi connectivity index (χ1n) is 6.66. The Kier molecular flexibility index (Phi) is 4.30. The molecule has 0 aliphatic rings. The van der Waals surface area contributed by atoms with Gasteiger partial charge in [-0.2, -0.15) is 0 Å². The summed E-state index contributed by atoms with van der Waals surface area (Å²) in [5, 5.41) is 11.2. The van der Waals surface area contributed by atoms with Crippen LogP contribution in [0.2, 0.25) is 0 Å². The molecule has 106 valence electrons. The van der Waals surface area contributed by atoms with Crippen LogP contribution in [0.25, 0.3) is 0 Å². The van der Waals surface area contributed by atoms with E-state index in [9.17, 15) is 5.11 Å². The second kappa shape index (κ2) is 5.97. The lowest BCUT2D eigenvalue weighted by Crippen LogP contribution is -2.27. The van der Waals surface area contributed by atoms with Crippen LogP contribution in [0.15, 0.2) is 48.5 Å². The summed E-state index contributed by atoms with van der Waals surface area (Å²) in [6.45, 7) is 1.94. The van der Waals surface area contributed by atoms with E-state index in [0.717, 1.165) is 11.1 Å². The molecule has 20 heavy (non-hydrogen) atoms. The van der Waals surface area contributed by atoms with Crippen molar-refractivity contribution in [2.75, 3.05) is 14.2 Å². The van der Waals surface area contributed by atoms with Gasteiger partial charge >= 0.3 is 0 Å². The lowest BCUT2D eigenvalue weighted by atomic mass is 9.83. The molecule has 0 fully saturated rings. The van der Waals surface area contributed by atoms with Crippen LogP contribution < -0.4 is 9.47 Å². The molecule has 0 unspecified atom stereocenters. The van der Waals surface area contributed by atoms with Crippen molar-refractivity contribution in [1.82, 2.24) is 0 Å². The molecule has 2 aromatic rings. The lowest BCUT2D eigenvalue weighted by molar-refractivity contribution is 0.0708. The van der Waals surface area contributed by atoms with Gasteiger partial charge in [-0.15, -0.1) is 0 Å². The first kappa shape index (κ1) is 14.4. The SMILES string of the molecule is CCC(O)(c1ccccc1OC)c1ccccc1OC. The Morgan fingerprint density at radius 2 is 1.25 bits per heavy atom. The second-order valence-electron chi connectivity index (χ2n) is 4.61. The molecule has 0 aliphatic carbocycles. The van der Waals surface area contributed by atoms with Crippen molar-refractivity contribution in [2.45, 2.75) is 18.9 Å². The van der Waals surface area contributed by atoms with Crippen molar-refractivity contribution in [3.63, 3.8) is 0 Å². The molecule has 0 amide bonds. The van der Waals surface area contributed by atoms with Gasteiger partial charge in [0.1, 0.15) is 17.1 Å². The summed E-state index contributed by atoms with van der Waals surface area (Å²) in [7, 11) is 3.22. The number of rotatable bonds is 5. The van der Waals surface area contributed by atoms with Crippen molar-refractivity contribution in [2.24, 2.45) is 0 Å². The van der Waals surface area contributed by atoms with E-state index >= 15 is 0 Å². The third-order valence-corrected chi connectivity index (χ3v) is 3.62. The fourth-order valence-corrected chi connectivity index (χ4v) is 2.50. The van der Waals surface area contributed by atoms with Crippen LogP contribution in [0, 0.1) is 0 Å². The molecule has 1 N–H and O–H groups in total. The van der Waals surface area contributed by atoms with E-state index < -0.39 is 5.60 Å². The number of para-hydroxylation sites is 2. The molecule has 0 heterocycles. The van der Waals surface area contributed by atoms with Gasteiger partial charge < -0.3 is 14.6 Å². The number of benzene rings is 2. The molecular weight excluding hydrogens is 252 g/mol. The van der Waals surface area contributed by atoms with Crippen molar-refractivity contribution >= 4 is 0 Å². The van der Waals surface area contributed by atoms with E-state index in [1.165, 1.54) is 0 Å². The van der Waals surface area contributed by atoms with Gasteiger partial charge in [-0.25, -0.2) is 0 Å². The third kappa shape index (κ3) is 2.37. The Hall–Kier alpha value is -2.00. The molecular formula is C17H20O3. The van der Waals surface area contributed by atoms with E-state index in [1.807, 2.05) is 55.5 Å². The average Bonchev–Trinajstić information content (AvgIpc) is 2.54. The van der Waals surface area contributed by atoms with Gasteiger partial charge in [0, 0.05) is 11.1 Å². The van der Waals surface area contributed by atoms with Crippen molar-refractivity contribution in [3.8, 4) is 11.5 Å². The van der Waals surface area contributed by atoms with Crippen LogP contribution in [-0.2, 0) is 5.60 Å². The molecule has 3 heteroatoms. The summed E-state index contributed by atoms with van der Waals surface area (Å²) in [5.41, 5.74) is 0.350. The van der Waals surface area contributed by atoms with E-state index in [2.05, 4.69) is 0 Å². The molecule has 2 rings (SSSR count). The minimum atomic E-state index is -1.14. The van der Waals surface area contributed by atoms with E-state index in [0.29, 0.717) is 17.9 Å². The maximum absolute atomic E-state index is 11.2. The zero-order valence-corrected chi connectivity index (χ0v) is 12.1. The number of methoxy groups -OCH3 is 2. The maximum atomic E-state index is 11.2. The highest BCUT2D eigenvalue weighted by Gasteiger charge is 2.34. The highest BCUT2D eigenvalue weighted by Crippen LogP contribution is 2.41. The van der Waals surface area contributed by atoms with Gasteiger partial charge in [-0.1, -0.05) is 43.3 Å². The molecule has 0 spiro atoms. The topological polar surface area (TPSA) is 38.7 Å². The summed E-state index contributed by atoms with van der Waals surface area (Å²) >= 11 is 0. The molecule has 0 aliphatic heterocycles. The Morgan fingerprint density at radius 3 is 1.60 bits per heavy atom. The van der Waals surface area contributed by atoms with Crippen LogP contribution in [0.5, 0.6) is 11.5 Å². The van der Waals surface area contributed by atoms with Gasteiger partial charge in [-0.05, 0) is 18.6 Å². The predicted octanol–water partition coefficient (Wildman–Crippen LogP) is 3.35. The lowest BCUT2D eigenvalue weighted by Gasteiger charge is -2.30. The minimum Gasteiger partial charge on any atom is -0.496 e. The number of hydrogen-bond donors (Lipinski definition) is 1. The number of ether oxygens (including phenoxy) is 2. The second-order valence-corrected chi connectivity index (χ2v) is 4.61. The van der Waals surface area contributed by atoms with Crippen LogP contribution >= 0.6 is 0 Å². The van der Waals surface area contributed by atoms with Gasteiger partial charge in [0.2, 0.25) is 0 Å². The summed E-state index contributed by atoms with van der Waals surface area (Å²) in [6, 6.07) is 15.0. The molecule has 0 saturated carbocycles. The Balaban J connectivity index is 2.64. The van der Waals surface area contributed by atoms with E-state index in [1.54, 1.807) is 14.2 Å². The van der Waals surface area contributed by atoms with Crippen molar-refractivity contribution in [3.05, 3.63) is 59.7 Å². The quantitative estimate of drug-likeness (QED) is 0.907. The summed E-state index contributed by atoms with van der Waals surface area (Å²) in [4.78, 5) is 0. The third-order valence-electron chi connectivity index (χ3n) is 3.62. The summed E-state index contributed by atoms with van der Waals surface area (Å²) in [6.07, 6.45) is 0.522. The fraction of sp³-hybridized carbons (Fsp3) is 0.294. The van der Waals surface area contributed by atoms with Crippen molar-refractivity contribution in [1.29, 1.82) is 0 Å².